The summed E-state index contributed by atoms with van der Waals surface area (Å²) in [6.07, 6.45) is 3.34. The summed E-state index contributed by atoms with van der Waals surface area (Å²) in [5, 5.41) is 11.0. The van der Waals surface area contributed by atoms with E-state index in [-0.39, 0.29) is 11.2 Å². The van der Waals surface area contributed by atoms with Crippen molar-refractivity contribution in [2.75, 3.05) is 12.4 Å². The molecule has 0 aromatic carbocycles. The van der Waals surface area contributed by atoms with E-state index in [0.29, 0.717) is 17.5 Å². The summed E-state index contributed by atoms with van der Waals surface area (Å²) < 4.78 is 1.37. The minimum absolute atomic E-state index is 0.0524. The molecule has 0 saturated heterocycles. The van der Waals surface area contributed by atoms with Gasteiger partial charge in [-0.25, -0.2) is 4.68 Å². The Balaban J connectivity index is 2.16. The van der Waals surface area contributed by atoms with Gasteiger partial charge in [-0.1, -0.05) is 11.8 Å². The van der Waals surface area contributed by atoms with Crippen molar-refractivity contribution in [3.05, 3.63) is 24.5 Å². The Morgan fingerprint density at radius 3 is 3.00 bits per heavy atom. The summed E-state index contributed by atoms with van der Waals surface area (Å²) in [4.78, 5) is 15.7. The number of carbonyl (C=O) groups excluding carboxylic acids is 1. The fourth-order valence-corrected chi connectivity index (χ4v) is 2.37. The number of nitrogens with zero attached hydrogens (tertiary/aromatic N) is 4. The van der Waals surface area contributed by atoms with Crippen LogP contribution in [0.2, 0.25) is 0 Å². The molecule has 0 unspecified atom stereocenters. The Kier molecular flexibility index (Phi) is 4.57. The molecule has 2 rings (SSSR count). The van der Waals surface area contributed by atoms with E-state index in [1.807, 2.05) is 13.0 Å². The van der Waals surface area contributed by atoms with E-state index in [9.17, 15) is 4.79 Å². The van der Waals surface area contributed by atoms with Crippen LogP contribution in [0, 0.1) is 0 Å². The quantitative estimate of drug-likeness (QED) is 0.621. The molecule has 3 N–H and O–H groups in total. The molecule has 0 aliphatic carbocycles. The van der Waals surface area contributed by atoms with E-state index in [1.165, 1.54) is 16.4 Å². The van der Waals surface area contributed by atoms with Crippen molar-refractivity contribution in [2.45, 2.75) is 24.3 Å². The van der Waals surface area contributed by atoms with Crippen molar-refractivity contribution >= 4 is 17.7 Å². The normalized spacial score (nSPS) is 12.1. The van der Waals surface area contributed by atoms with Crippen molar-refractivity contribution in [3.8, 4) is 11.4 Å². The molecule has 20 heavy (non-hydrogen) atoms. The van der Waals surface area contributed by atoms with Crippen LogP contribution in [-0.4, -0.2) is 37.6 Å². The summed E-state index contributed by atoms with van der Waals surface area (Å²) in [5.74, 6) is 6.43. The lowest BCUT2D eigenvalue weighted by atomic mass is 10.3. The molecule has 0 aliphatic rings. The molecule has 0 fully saturated rings. The van der Waals surface area contributed by atoms with Gasteiger partial charge in [-0.3, -0.25) is 9.78 Å². The van der Waals surface area contributed by atoms with Gasteiger partial charge in [-0.15, -0.1) is 10.2 Å². The zero-order valence-corrected chi connectivity index (χ0v) is 12.1. The molecule has 8 heteroatoms. The summed E-state index contributed by atoms with van der Waals surface area (Å²) in [6.45, 7) is 4.27. The largest absolute Gasteiger partial charge is 0.355 e. The predicted molar refractivity (Wildman–Crippen MR) is 77.4 cm³/mol. The van der Waals surface area contributed by atoms with E-state index in [4.69, 9.17) is 5.84 Å². The highest BCUT2D eigenvalue weighted by Gasteiger charge is 2.19. The summed E-state index contributed by atoms with van der Waals surface area (Å²) in [7, 11) is 0. The van der Waals surface area contributed by atoms with Gasteiger partial charge in [0.2, 0.25) is 11.1 Å². The van der Waals surface area contributed by atoms with Crippen molar-refractivity contribution in [1.82, 2.24) is 25.2 Å². The van der Waals surface area contributed by atoms with Crippen LogP contribution in [0.1, 0.15) is 13.8 Å². The van der Waals surface area contributed by atoms with Crippen LogP contribution in [0.3, 0.4) is 0 Å². The van der Waals surface area contributed by atoms with Crippen molar-refractivity contribution in [2.24, 2.45) is 0 Å². The van der Waals surface area contributed by atoms with Gasteiger partial charge in [0.1, 0.15) is 0 Å². The maximum absolute atomic E-state index is 11.7. The zero-order valence-electron chi connectivity index (χ0n) is 11.3. The lowest BCUT2D eigenvalue weighted by Crippen LogP contribution is -2.31. The molecule has 1 atom stereocenters. The number of nitrogens with two attached hydrogens (primary N) is 1. The summed E-state index contributed by atoms with van der Waals surface area (Å²) in [6, 6.07) is 3.65. The number of amides is 1. The maximum Gasteiger partial charge on any atom is 0.233 e. The van der Waals surface area contributed by atoms with E-state index in [0.717, 1.165) is 5.56 Å². The fourth-order valence-electron chi connectivity index (χ4n) is 1.58. The van der Waals surface area contributed by atoms with Crippen LogP contribution >= 0.6 is 11.8 Å². The Hall–Kier alpha value is -2.09. The predicted octanol–water partition coefficient (Wildman–Crippen LogP) is 0.671. The van der Waals surface area contributed by atoms with E-state index < -0.39 is 0 Å². The first kappa shape index (κ1) is 14.3. The topological polar surface area (TPSA) is 98.7 Å². The first-order valence-corrected chi connectivity index (χ1v) is 7.06. The van der Waals surface area contributed by atoms with Gasteiger partial charge in [0.25, 0.3) is 0 Å². The molecular weight excluding hydrogens is 276 g/mol. The smallest absolute Gasteiger partial charge is 0.233 e. The monoisotopic (exact) mass is 292 g/mol. The molecule has 0 radical (unpaired) electrons. The summed E-state index contributed by atoms with van der Waals surface area (Å²) >= 11 is 1.27. The molecule has 1 amide bonds. The molecule has 0 bridgehead atoms. The third-order valence-electron chi connectivity index (χ3n) is 2.59. The van der Waals surface area contributed by atoms with Gasteiger partial charge in [-0.05, 0) is 26.0 Å². The van der Waals surface area contributed by atoms with Gasteiger partial charge in [0, 0.05) is 24.5 Å². The number of carbonyl (C=O) groups is 1. The number of aromatic nitrogens is 4. The Morgan fingerprint density at radius 1 is 1.55 bits per heavy atom. The first-order chi connectivity index (χ1) is 9.63. The fraction of sp³-hybridized carbons (Fsp3) is 0.333. The SMILES string of the molecule is CCNC(=O)[C@@H](C)Sc1nnc(-c2cccnc2)n1N. The molecule has 2 aromatic heterocycles. The van der Waals surface area contributed by atoms with E-state index >= 15 is 0 Å². The Morgan fingerprint density at radius 2 is 2.35 bits per heavy atom. The molecule has 7 nitrogen and oxygen atoms in total. The second-order valence-electron chi connectivity index (χ2n) is 4.07. The molecule has 0 spiro atoms. The van der Waals surface area contributed by atoms with Crippen LogP contribution in [-0.2, 0) is 4.79 Å². The van der Waals surface area contributed by atoms with Crippen LogP contribution < -0.4 is 11.2 Å². The number of pyridine rings is 1. The van der Waals surface area contributed by atoms with Gasteiger partial charge < -0.3 is 11.2 Å². The highest BCUT2D eigenvalue weighted by molar-refractivity contribution is 8.00. The first-order valence-electron chi connectivity index (χ1n) is 6.18. The average molecular weight is 292 g/mol. The zero-order chi connectivity index (χ0) is 14.5. The van der Waals surface area contributed by atoms with Crippen molar-refractivity contribution < 1.29 is 4.79 Å². The molecule has 106 valence electrons. The molecule has 2 heterocycles. The number of nitrogen functional groups attached to an aromatic ring is 1. The van der Waals surface area contributed by atoms with Gasteiger partial charge in [0.15, 0.2) is 5.82 Å². The Bertz CT molecular complexity index is 585. The van der Waals surface area contributed by atoms with Crippen LogP contribution in [0.15, 0.2) is 29.7 Å². The van der Waals surface area contributed by atoms with Crippen molar-refractivity contribution in [1.29, 1.82) is 0 Å². The van der Waals surface area contributed by atoms with Gasteiger partial charge >= 0.3 is 0 Å². The lowest BCUT2D eigenvalue weighted by Gasteiger charge is -2.10. The highest BCUT2D eigenvalue weighted by Crippen LogP contribution is 2.24. The van der Waals surface area contributed by atoms with Gasteiger partial charge in [-0.2, -0.15) is 0 Å². The van der Waals surface area contributed by atoms with Crippen LogP contribution in [0.25, 0.3) is 11.4 Å². The number of hydrogen-bond acceptors (Lipinski definition) is 6. The molecule has 0 aliphatic heterocycles. The standard InChI is InChI=1S/C12H16N6OS/c1-3-15-11(19)8(2)20-12-17-16-10(18(12)13)9-5-4-6-14-7-9/h4-8H,3,13H2,1-2H3,(H,15,19)/t8-/m1/s1. The highest BCUT2D eigenvalue weighted by atomic mass is 32.2. The maximum atomic E-state index is 11.7. The van der Waals surface area contributed by atoms with E-state index in [1.54, 1.807) is 25.4 Å². The number of thioether (sulfide) groups is 1. The molecule has 0 saturated carbocycles. The molecular formula is C12H16N6OS. The van der Waals surface area contributed by atoms with E-state index in [2.05, 4.69) is 20.5 Å². The van der Waals surface area contributed by atoms with Crippen LogP contribution in [0.4, 0.5) is 0 Å². The lowest BCUT2D eigenvalue weighted by molar-refractivity contribution is -0.120. The second-order valence-corrected chi connectivity index (χ2v) is 5.38. The van der Waals surface area contributed by atoms with Crippen LogP contribution in [0.5, 0.6) is 0 Å². The Labute approximate surface area is 121 Å². The van der Waals surface area contributed by atoms with Gasteiger partial charge in [0.05, 0.1) is 5.25 Å². The number of rotatable bonds is 5. The van der Waals surface area contributed by atoms with Crippen molar-refractivity contribution in [3.63, 3.8) is 0 Å². The second kappa shape index (κ2) is 6.38. The minimum atomic E-state index is -0.289. The third kappa shape index (κ3) is 3.08. The third-order valence-corrected chi connectivity index (χ3v) is 3.64. The summed E-state index contributed by atoms with van der Waals surface area (Å²) in [5.41, 5.74) is 0.778. The number of nitrogens with one attached hydrogen (secondary N) is 1. The minimum Gasteiger partial charge on any atom is -0.355 e. The average Bonchev–Trinajstić information content (AvgIpc) is 2.81. The molecule has 2 aromatic rings. The number of hydrogen-bond donors (Lipinski definition) is 2.